The number of benzene rings is 1. The molecule has 5 rings (SSSR count). The number of para-hydroxylation sites is 1. The van der Waals surface area contributed by atoms with E-state index in [0.717, 1.165) is 22.0 Å². The fraction of sp³-hybridized carbons (Fsp3) is 0.240. The smallest absolute Gasteiger partial charge is 0.381 e. The van der Waals surface area contributed by atoms with E-state index in [1.54, 1.807) is 12.4 Å². The molecule has 3 aromatic heterocycles. The molecule has 3 heterocycles. The molecule has 8 nitrogen and oxygen atoms in total. The van der Waals surface area contributed by atoms with Crippen LogP contribution in [0.3, 0.4) is 0 Å². The normalized spacial score (nSPS) is 12.8. The molecular formula is C25H20F3N5O3. The predicted octanol–water partition coefficient (Wildman–Crippen LogP) is 3.85. The fourth-order valence-electron chi connectivity index (χ4n) is 4.31. The molecule has 4 aromatic rings. The molecule has 0 radical (unpaired) electrons. The number of nitrogens with two attached hydrogens (primary N) is 1. The second-order valence-corrected chi connectivity index (χ2v) is 8.36. The molecule has 184 valence electrons. The highest BCUT2D eigenvalue weighted by molar-refractivity contribution is 5.99. The molecule has 0 fully saturated rings. The van der Waals surface area contributed by atoms with E-state index in [1.165, 1.54) is 4.68 Å². The number of esters is 2. The Hall–Kier alpha value is -4.12. The molecular weight excluding hydrogens is 475 g/mol. The van der Waals surface area contributed by atoms with Gasteiger partial charge in [0.25, 0.3) is 0 Å². The molecule has 11 heteroatoms. The summed E-state index contributed by atoms with van der Waals surface area (Å²) in [6.45, 7) is 0.454. The lowest BCUT2D eigenvalue weighted by Crippen LogP contribution is -2.29. The summed E-state index contributed by atoms with van der Waals surface area (Å²) in [5, 5.41) is 5.47. The Morgan fingerprint density at radius 3 is 2.67 bits per heavy atom. The molecule has 2 N–H and O–H groups in total. The number of carbonyl (C=O) groups is 2. The maximum Gasteiger partial charge on any atom is 0.491 e. The minimum atomic E-state index is -5.29. The topological polar surface area (TPSA) is 113 Å². The van der Waals surface area contributed by atoms with Crippen LogP contribution in [0.4, 0.5) is 13.2 Å². The number of halogens is 3. The molecule has 0 spiro atoms. The van der Waals surface area contributed by atoms with E-state index < -0.39 is 18.1 Å². The molecule has 0 bridgehead atoms. The van der Waals surface area contributed by atoms with Crippen molar-refractivity contribution >= 4 is 22.8 Å². The van der Waals surface area contributed by atoms with E-state index in [9.17, 15) is 22.8 Å². The van der Waals surface area contributed by atoms with Crippen molar-refractivity contribution in [3.8, 4) is 22.5 Å². The minimum absolute atomic E-state index is 0.174. The summed E-state index contributed by atoms with van der Waals surface area (Å²) in [6, 6.07) is 11.5. The number of fused-ring (bicyclic) bond motifs is 4. The number of hydrogen-bond donors (Lipinski definition) is 1. The van der Waals surface area contributed by atoms with Crippen LogP contribution < -0.4 is 5.73 Å². The zero-order chi connectivity index (χ0) is 25.4. The molecule has 1 aromatic carbocycles. The first kappa shape index (κ1) is 23.6. The van der Waals surface area contributed by atoms with Crippen molar-refractivity contribution in [2.24, 2.45) is 5.73 Å². The predicted molar refractivity (Wildman–Crippen MR) is 124 cm³/mol. The lowest BCUT2D eigenvalue weighted by molar-refractivity contribution is -0.193. The lowest BCUT2D eigenvalue weighted by Gasteiger charge is -2.16. The molecule has 0 saturated carbocycles. The molecule has 0 amide bonds. The lowest BCUT2D eigenvalue weighted by atomic mass is 9.89. The third-order valence-electron chi connectivity index (χ3n) is 6.01. The average Bonchev–Trinajstić information content (AvgIpc) is 3.25. The fourth-order valence-corrected chi connectivity index (χ4v) is 4.31. The third-order valence-corrected chi connectivity index (χ3v) is 6.01. The second-order valence-electron chi connectivity index (χ2n) is 8.36. The van der Waals surface area contributed by atoms with Gasteiger partial charge in [0.1, 0.15) is 0 Å². The number of hydrogen-bond acceptors (Lipinski definition) is 7. The van der Waals surface area contributed by atoms with Gasteiger partial charge >= 0.3 is 18.1 Å². The van der Waals surface area contributed by atoms with Crippen molar-refractivity contribution in [3.05, 3.63) is 65.6 Å². The van der Waals surface area contributed by atoms with Gasteiger partial charge in [-0.1, -0.05) is 18.2 Å². The number of aromatic nitrogens is 4. The Balaban J connectivity index is 1.58. The van der Waals surface area contributed by atoms with E-state index in [0.29, 0.717) is 41.8 Å². The summed E-state index contributed by atoms with van der Waals surface area (Å²) in [4.78, 5) is 33.1. The molecule has 0 atom stereocenters. The SMILES string of the molecule is NCCCn1nc2c(c1C(=O)OC(=O)C(F)(F)F)CCc1cnc(-c3cnc4ccccc4c3)cc1-2. The van der Waals surface area contributed by atoms with Crippen molar-refractivity contribution in [1.82, 2.24) is 19.7 Å². The molecule has 1 aliphatic rings. The van der Waals surface area contributed by atoms with Gasteiger partial charge in [0.15, 0.2) is 5.69 Å². The first-order valence-corrected chi connectivity index (χ1v) is 11.2. The zero-order valence-corrected chi connectivity index (χ0v) is 18.9. The monoisotopic (exact) mass is 495 g/mol. The maximum absolute atomic E-state index is 12.7. The third kappa shape index (κ3) is 4.33. The summed E-state index contributed by atoms with van der Waals surface area (Å²) < 4.78 is 43.6. The van der Waals surface area contributed by atoms with Crippen LogP contribution in [0.2, 0.25) is 0 Å². The Kier molecular flexibility index (Phi) is 6.00. The number of alkyl halides is 3. The van der Waals surface area contributed by atoms with Gasteiger partial charge in [-0.2, -0.15) is 18.3 Å². The van der Waals surface area contributed by atoms with Crippen molar-refractivity contribution in [2.75, 3.05) is 6.54 Å². The van der Waals surface area contributed by atoms with Crippen LogP contribution in [0.1, 0.15) is 28.0 Å². The summed E-state index contributed by atoms with van der Waals surface area (Å²) >= 11 is 0. The quantitative estimate of drug-likeness (QED) is 0.331. The number of pyridine rings is 2. The second kappa shape index (κ2) is 9.15. The first-order chi connectivity index (χ1) is 17.3. The summed E-state index contributed by atoms with van der Waals surface area (Å²) in [7, 11) is 0. The standard InChI is InChI=1S/C25H20F3N5O3/c26-25(27,28)24(35)36-23(34)22-17-7-6-15-12-31-20(11-18(15)21(17)32-33(22)9-3-8-29)16-10-14-4-1-2-5-19(14)30-13-16/h1-2,4-5,10-13H,3,6-9,29H2. The van der Waals surface area contributed by atoms with Crippen LogP contribution in [-0.4, -0.2) is 44.4 Å². The highest BCUT2D eigenvalue weighted by atomic mass is 19.4. The Morgan fingerprint density at radius 1 is 1.08 bits per heavy atom. The van der Waals surface area contributed by atoms with Crippen LogP contribution in [0.15, 0.2) is 48.8 Å². The van der Waals surface area contributed by atoms with E-state index in [2.05, 4.69) is 19.8 Å². The van der Waals surface area contributed by atoms with Gasteiger partial charge in [-0.3, -0.25) is 14.6 Å². The van der Waals surface area contributed by atoms with E-state index >= 15 is 0 Å². The Bertz CT molecular complexity index is 1500. The van der Waals surface area contributed by atoms with E-state index in [4.69, 9.17) is 5.73 Å². The van der Waals surface area contributed by atoms with Crippen LogP contribution >= 0.6 is 0 Å². The molecule has 0 saturated heterocycles. The molecule has 1 aliphatic carbocycles. The van der Waals surface area contributed by atoms with Crippen molar-refractivity contribution in [2.45, 2.75) is 32.0 Å². The van der Waals surface area contributed by atoms with Gasteiger partial charge in [0.05, 0.1) is 16.9 Å². The molecule has 36 heavy (non-hydrogen) atoms. The summed E-state index contributed by atoms with van der Waals surface area (Å²) in [5.74, 6) is -3.96. The first-order valence-electron chi connectivity index (χ1n) is 11.2. The Labute approximate surface area is 202 Å². The van der Waals surface area contributed by atoms with Crippen LogP contribution in [0.25, 0.3) is 33.4 Å². The molecule has 0 unspecified atom stereocenters. The highest BCUT2D eigenvalue weighted by Gasteiger charge is 2.43. The summed E-state index contributed by atoms with van der Waals surface area (Å²) in [6.07, 6.45) is -0.612. The van der Waals surface area contributed by atoms with Gasteiger partial charge in [0.2, 0.25) is 0 Å². The number of nitrogens with zero attached hydrogens (tertiary/aromatic N) is 4. The largest absolute Gasteiger partial charge is 0.491 e. The number of carbonyl (C=O) groups excluding carboxylic acids is 2. The summed E-state index contributed by atoms with van der Waals surface area (Å²) in [5.41, 5.74) is 10.1. The van der Waals surface area contributed by atoms with Gasteiger partial charge in [-0.05, 0) is 49.6 Å². The maximum atomic E-state index is 12.7. The van der Waals surface area contributed by atoms with Crippen molar-refractivity contribution in [1.29, 1.82) is 0 Å². The van der Waals surface area contributed by atoms with Gasteiger partial charge in [-0.15, -0.1) is 0 Å². The van der Waals surface area contributed by atoms with Gasteiger partial charge < -0.3 is 10.5 Å². The van der Waals surface area contributed by atoms with Gasteiger partial charge in [-0.25, -0.2) is 9.59 Å². The van der Waals surface area contributed by atoms with Crippen molar-refractivity contribution < 1.29 is 27.5 Å². The van der Waals surface area contributed by atoms with Crippen LogP contribution in [-0.2, 0) is 28.9 Å². The number of aryl methyl sites for hydroxylation is 2. The highest BCUT2D eigenvalue weighted by Crippen LogP contribution is 2.37. The van der Waals surface area contributed by atoms with E-state index in [-0.39, 0.29) is 18.8 Å². The molecule has 0 aliphatic heterocycles. The minimum Gasteiger partial charge on any atom is -0.381 e. The number of rotatable bonds is 5. The van der Waals surface area contributed by atoms with Crippen LogP contribution in [0.5, 0.6) is 0 Å². The zero-order valence-electron chi connectivity index (χ0n) is 18.9. The van der Waals surface area contributed by atoms with Gasteiger partial charge in [0, 0.05) is 41.0 Å². The van der Waals surface area contributed by atoms with Crippen molar-refractivity contribution in [3.63, 3.8) is 0 Å². The van der Waals surface area contributed by atoms with Crippen LogP contribution in [0, 0.1) is 0 Å². The average molecular weight is 495 g/mol. The van der Waals surface area contributed by atoms with E-state index in [1.807, 2.05) is 36.4 Å². The number of ether oxygens (including phenoxy) is 1. The Morgan fingerprint density at radius 2 is 1.89 bits per heavy atom.